The number of benzene rings is 1. The van der Waals surface area contributed by atoms with Gasteiger partial charge in [-0.05, 0) is 53.8 Å². The first-order valence-corrected chi connectivity index (χ1v) is 10.9. The van der Waals surface area contributed by atoms with Crippen LogP contribution >= 0.6 is 0 Å². The van der Waals surface area contributed by atoms with Crippen molar-refractivity contribution in [3.63, 3.8) is 0 Å². The Kier molecular flexibility index (Phi) is 6.77. The van der Waals surface area contributed by atoms with Crippen LogP contribution in [0.4, 0.5) is 5.69 Å². The molecule has 1 aliphatic rings. The van der Waals surface area contributed by atoms with E-state index >= 15 is 0 Å². The van der Waals surface area contributed by atoms with Gasteiger partial charge in [0.15, 0.2) is 0 Å². The number of aryl methyl sites for hydroxylation is 1. The summed E-state index contributed by atoms with van der Waals surface area (Å²) in [5.74, 6) is -0.577. The van der Waals surface area contributed by atoms with Gasteiger partial charge in [-0.25, -0.2) is 0 Å². The SMILES string of the molecule is Cn1nccc1C(=O)NCC(=O)Nc1ccc(-c2ccncc2CC(=O)N2CCCC2)cc1. The molecule has 0 aliphatic carbocycles. The van der Waals surface area contributed by atoms with Gasteiger partial charge in [0.05, 0.1) is 13.0 Å². The normalized spacial score (nSPS) is 13.1. The molecule has 170 valence electrons. The van der Waals surface area contributed by atoms with Crippen LogP contribution < -0.4 is 10.6 Å². The van der Waals surface area contributed by atoms with Crippen LogP contribution in [0.1, 0.15) is 28.9 Å². The van der Waals surface area contributed by atoms with Gasteiger partial charge in [0.25, 0.3) is 5.91 Å². The molecular formula is C24H26N6O3. The molecule has 1 fully saturated rings. The largest absolute Gasteiger partial charge is 0.342 e. The molecule has 0 radical (unpaired) electrons. The number of aromatic nitrogens is 3. The minimum absolute atomic E-state index is 0.124. The predicted molar refractivity (Wildman–Crippen MR) is 123 cm³/mol. The van der Waals surface area contributed by atoms with Gasteiger partial charge in [0.2, 0.25) is 11.8 Å². The number of carbonyl (C=O) groups excluding carboxylic acids is 3. The molecule has 0 saturated carbocycles. The molecule has 4 rings (SSSR count). The van der Waals surface area contributed by atoms with E-state index in [4.69, 9.17) is 0 Å². The van der Waals surface area contributed by atoms with Crippen LogP contribution in [0.3, 0.4) is 0 Å². The molecule has 3 amide bonds. The Morgan fingerprint density at radius 3 is 2.45 bits per heavy atom. The van der Waals surface area contributed by atoms with Crippen LogP contribution in [0, 0.1) is 0 Å². The highest BCUT2D eigenvalue weighted by Gasteiger charge is 2.19. The molecule has 2 aromatic heterocycles. The van der Waals surface area contributed by atoms with Crippen molar-refractivity contribution in [1.82, 2.24) is 25.0 Å². The van der Waals surface area contributed by atoms with Crippen molar-refractivity contribution in [2.24, 2.45) is 7.05 Å². The molecule has 33 heavy (non-hydrogen) atoms. The lowest BCUT2D eigenvalue weighted by Crippen LogP contribution is -2.33. The van der Waals surface area contributed by atoms with E-state index in [1.54, 1.807) is 37.6 Å². The molecule has 1 aliphatic heterocycles. The Morgan fingerprint density at radius 2 is 1.76 bits per heavy atom. The second-order valence-electron chi connectivity index (χ2n) is 7.95. The number of pyridine rings is 1. The summed E-state index contributed by atoms with van der Waals surface area (Å²) in [6.07, 6.45) is 7.41. The van der Waals surface area contributed by atoms with E-state index in [0.717, 1.165) is 42.6 Å². The van der Waals surface area contributed by atoms with Gasteiger partial charge in [-0.2, -0.15) is 5.10 Å². The fourth-order valence-electron chi connectivity index (χ4n) is 3.88. The lowest BCUT2D eigenvalue weighted by Gasteiger charge is -2.16. The second-order valence-corrected chi connectivity index (χ2v) is 7.95. The van der Waals surface area contributed by atoms with Crippen molar-refractivity contribution in [3.05, 3.63) is 66.2 Å². The molecule has 0 spiro atoms. The number of anilines is 1. The zero-order valence-corrected chi connectivity index (χ0v) is 18.5. The Balaban J connectivity index is 1.36. The van der Waals surface area contributed by atoms with Crippen LogP contribution in [-0.4, -0.2) is 57.0 Å². The quantitative estimate of drug-likeness (QED) is 0.577. The summed E-state index contributed by atoms with van der Waals surface area (Å²) in [5, 5.41) is 9.29. The van der Waals surface area contributed by atoms with Crippen LogP contribution in [0.25, 0.3) is 11.1 Å². The standard InChI is InChI=1S/C24H26N6O3/c1-29-21(9-11-27-29)24(33)26-16-22(31)28-19-6-4-17(5-7-19)20-8-10-25-15-18(20)14-23(32)30-12-2-3-13-30/h4-11,15H,2-3,12-14,16H2,1H3,(H,26,33)(H,28,31). The molecule has 3 aromatic rings. The molecule has 0 atom stereocenters. The first kappa shape index (κ1) is 22.2. The summed E-state index contributed by atoms with van der Waals surface area (Å²) in [6.45, 7) is 1.50. The average Bonchev–Trinajstić information content (AvgIpc) is 3.51. The molecule has 9 heteroatoms. The van der Waals surface area contributed by atoms with Gasteiger partial charge in [-0.3, -0.25) is 24.0 Å². The molecule has 2 N–H and O–H groups in total. The fourth-order valence-corrected chi connectivity index (χ4v) is 3.88. The van der Waals surface area contributed by atoms with Gasteiger partial charge in [0, 0.05) is 44.4 Å². The van der Waals surface area contributed by atoms with Crippen molar-refractivity contribution >= 4 is 23.4 Å². The maximum Gasteiger partial charge on any atom is 0.269 e. The summed E-state index contributed by atoms with van der Waals surface area (Å²) in [7, 11) is 1.66. The van der Waals surface area contributed by atoms with E-state index in [2.05, 4.69) is 20.7 Å². The van der Waals surface area contributed by atoms with Crippen LogP contribution in [-0.2, 0) is 23.1 Å². The highest BCUT2D eigenvalue weighted by atomic mass is 16.2. The van der Waals surface area contributed by atoms with E-state index < -0.39 is 0 Å². The summed E-state index contributed by atoms with van der Waals surface area (Å²) in [6, 6.07) is 10.9. The average molecular weight is 447 g/mol. The van der Waals surface area contributed by atoms with E-state index in [9.17, 15) is 14.4 Å². The Bertz CT molecular complexity index is 1150. The van der Waals surface area contributed by atoms with Crippen molar-refractivity contribution in [2.75, 3.05) is 25.0 Å². The Labute approximate surface area is 191 Å². The highest BCUT2D eigenvalue weighted by molar-refractivity contribution is 5.98. The smallest absolute Gasteiger partial charge is 0.269 e. The van der Waals surface area contributed by atoms with Crippen LogP contribution in [0.2, 0.25) is 0 Å². The molecular weight excluding hydrogens is 420 g/mol. The van der Waals surface area contributed by atoms with Gasteiger partial charge in [-0.15, -0.1) is 0 Å². The van der Waals surface area contributed by atoms with Crippen molar-refractivity contribution in [2.45, 2.75) is 19.3 Å². The zero-order chi connectivity index (χ0) is 23.2. The molecule has 0 unspecified atom stereocenters. The van der Waals surface area contributed by atoms with Crippen LogP contribution in [0.5, 0.6) is 0 Å². The number of likely N-dealkylation sites (tertiary alicyclic amines) is 1. The summed E-state index contributed by atoms with van der Waals surface area (Å²) in [5.41, 5.74) is 3.75. The van der Waals surface area contributed by atoms with Crippen molar-refractivity contribution < 1.29 is 14.4 Å². The first-order valence-electron chi connectivity index (χ1n) is 10.9. The molecule has 9 nitrogen and oxygen atoms in total. The van der Waals surface area contributed by atoms with Gasteiger partial charge < -0.3 is 15.5 Å². The number of amides is 3. The second kappa shape index (κ2) is 10.1. The number of hydrogen-bond acceptors (Lipinski definition) is 5. The third-order valence-electron chi connectivity index (χ3n) is 5.65. The first-order chi connectivity index (χ1) is 16.0. The third kappa shape index (κ3) is 5.43. The molecule has 1 aromatic carbocycles. The van der Waals surface area contributed by atoms with E-state index in [1.165, 1.54) is 10.9 Å². The fraction of sp³-hybridized carbons (Fsp3) is 0.292. The number of nitrogens with zero attached hydrogens (tertiary/aromatic N) is 4. The molecule has 0 bridgehead atoms. The lowest BCUT2D eigenvalue weighted by atomic mass is 9.99. The minimum Gasteiger partial charge on any atom is -0.342 e. The minimum atomic E-state index is -0.366. The number of nitrogens with one attached hydrogen (secondary N) is 2. The summed E-state index contributed by atoms with van der Waals surface area (Å²) < 4.78 is 1.44. The van der Waals surface area contributed by atoms with Crippen LogP contribution in [0.15, 0.2) is 55.0 Å². The monoisotopic (exact) mass is 446 g/mol. The van der Waals surface area contributed by atoms with Gasteiger partial charge in [0.1, 0.15) is 5.69 Å². The Hall–Kier alpha value is -4.01. The van der Waals surface area contributed by atoms with Crippen molar-refractivity contribution in [3.8, 4) is 11.1 Å². The predicted octanol–water partition coefficient (Wildman–Crippen LogP) is 2.02. The maximum atomic E-state index is 12.6. The van der Waals surface area contributed by atoms with Gasteiger partial charge in [-0.1, -0.05) is 12.1 Å². The number of rotatable bonds is 7. The topological polar surface area (TPSA) is 109 Å². The van der Waals surface area contributed by atoms with Gasteiger partial charge >= 0.3 is 0 Å². The number of hydrogen-bond donors (Lipinski definition) is 2. The molecule has 1 saturated heterocycles. The molecule has 3 heterocycles. The van der Waals surface area contributed by atoms with E-state index in [0.29, 0.717) is 17.8 Å². The van der Waals surface area contributed by atoms with E-state index in [-0.39, 0.29) is 24.3 Å². The highest BCUT2D eigenvalue weighted by Crippen LogP contribution is 2.25. The maximum absolute atomic E-state index is 12.6. The third-order valence-corrected chi connectivity index (χ3v) is 5.65. The zero-order valence-electron chi connectivity index (χ0n) is 18.5. The summed E-state index contributed by atoms with van der Waals surface area (Å²) >= 11 is 0. The Morgan fingerprint density at radius 1 is 1.00 bits per heavy atom. The number of carbonyl (C=O) groups is 3. The van der Waals surface area contributed by atoms with Crippen molar-refractivity contribution in [1.29, 1.82) is 0 Å². The summed E-state index contributed by atoms with van der Waals surface area (Å²) in [4.78, 5) is 43.0. The van der Waals surface area contributed by atoms with E-state index in [1.807, 2.05) is 23.1 Å². The lowest BCUT2D eigenvalue weighted by molar-refractivity contribution is -0.129.